The zero-order valence-corrected chi connectivity index (χ0v) is 29.1. The molecule has 0 aromatic rings. The van der Waals surface area contributed by atoms with Crippen molar-refractivity contribution in [2.24, 2.45) is 0 Å². The van der Waals surface area contributed by atoms with Gasteiger partial charge in [0.05, 0.1) is 0 Å². The highest BCUT2D eigenvalue weighted by atomic mass is 16.4. The molecule has 0 aromatic heterocycles. The summed E-state index contributed by atoms with van der Waals surface area (Å²) in [6.45, 7) is 34.9. The van der Waals surface area contributed by atoms with E-state index in [1.54, 1.807) is 42.4 Å². The van der Waals surface area contributed by atoms with Crippen LogP contribution in [0.15, 0.2) is 0 Å². The van der Waals surface area contributed by atoms with Crippen molar-refractivity contribution < 1.29 is 19.1 Å². The fourth-order valence-corrected chi connectivity index (χ4v) is 0.125. The molecular weight excluding hydrogens is 444 g/mol. The van der Waals surface area contributed by atoms with Crippen LogP contribution in [0.2, 0.25) is 0 Å². The van der Waals surface area contributed by atoms with Gasteiger partial charge in [-0.3, -0.25) is 9.59 Å². The maximum absolute atomic E-state index is 9.96. The number of carbonyl (C=O) groups is 3. The summed E-state index contributed by atoms with van der Waals surface area (Å²) in [4.78, 5) is 29.4. The third-order valence-electron chi connectivity index (χ3n) is 1.16. The van der Waals surface area contributed by atoms with Crippen molar-refractivity contribution in [1.29, 1.82) is 0 Å². The second kappa shape index (κ2) is 211. The summed E-state index contributed by atoms with van der Waals surface area (Å²) in [6.07, 6.45) is 0. The highest BCUT2D eigenvalue weighted by Crippen LogP contribution is 1.48. The van der Waals surface area contributed by atoms with E-state index in [1.807, 2.05) is 111 Å². The van der Waals surface area contributed by atoms with Gasteiger partial charge in [0, 0.05) is 56.3 Å². The smallest absolute Gasteiger partial charge is 0.314 e. The average Bonchev–Trinajstić information content (AvgIpc) is 2.98. The number of rotatable bonds is 0. The van der Waals surface area contributed by atoms with Crippen LogP contribution in [-0.4, -0.2) is 60.3 Å². The maximum atomic E-state index is 9.96. The molecule has 0 atom stereocenters. The summed E-state index contributed by atoms with van der Waals surface area (Å²) >= 11 is 0. The Kier molecular flexibility index (Phi) is 462. The Bertz CT molecular complexity index is 211. The minimum Gasteiger partial charge on any atom is -0.388 e. The molecule has 0 rings (SSSR count). The predicted molar refractivity (Wildman–Crippen MR) is 167 cm³/mol. The van der Waals surface area contributed by atoms with Gasteiger partial charge in [0.1, 0.15) is 0 Å². The van der Waals surface area contributed by atoms with E-state index in [0.29, 0.717) is 0 Å². The molecule has 0 aliphatic carbocycles. The molecule has 0 unspecified atom stereocenters. The van der Waals surface area contributed by atoms with Crippen LogP contribution in [0.25, 0.3) is 0 Å². The molecule has 0 spiro atoms. The number of nitrogens with one attached hydrogen (secondary N) is 4. The zero-order valence-electron chi connectivity index (χ0n) is 29.1. The summed E-state index contributed by atoms with van der Waals surface area (Å²) in [5.41, 5.74) is 0. The van der Waals surface area contributed by atoms with Crippen molar-refractivity contribution in [3.05, 3.63) is 0 Å². The molecule has 0 bridgehead atoms. The Morgan fingerprint density at radius 2 is 0.486 bits per heavy atom. The Morgan fingerprint density at radius 1 is 0.400 bits per heavy atom. The third kappa shape index (κ3) is 769. The summed E-state index contributed by atoms with van der Waals surface area (Å²) in [5.74, 6) is 0.00926. The minimum atomic E-state index is -0.157. The average molecular weight is 521 g/mol. The maximum Gasteiger partial charge on any atom is 0.314 e. The van der Waals surface area contributed by atoms with Crippen LogP contribution >= 0.6 is 0 Å². The van der Waals surface area contributed by atoms with E-state index < -0.39 is 0 Å². The largest absolute Gasteiger partial charge is 0.388 e. The summed E-state index contributed by atoms with van der Waals surface area (Å²) in [7, 11) is 9.59. The molecule has 35 heavy (non-hydrogen) atoms. The zero-order chi connectivity index (χ0) is 32.3. The second-order valence-corrected chi connectivity index (χ2v) is 2.85. The molecule has 8 nitrogen and oxygen atoms in total. The molecule has 4 amide bonds. The van der Waals surface area contributed by atoms with Gasteiger partial charge in [0.15, 0.2) is 0 Å². The number of amides is 4. The lowest BCUT2D eigenvalue weighted by molar-refractivity contribution is -0.119. The van der Waals surface area contributed by atoms with Crippen LogP contribution in [0.4, 0.5) is 4.79 Å². The molecular formula is C27H76N4O4. The van der Waals surface area contributed by atoms with Gasteiger partial charge in [-0.25, -0.2) is 4.79 Å². The van der Waals surface area contributed by atoms with E-state index in [0.717, 1.165) is 0 Å². The van der Waals surface area contributed by atoms with Crippen molar-refractivity contribution in [2.75, 3.05) is 42.4 Å². The first kappa shape index (κ1) is 76.6. The lowest BCUT2D eigenvalue weighted by Gasteiger charge is -1.91. The van der Waals surface area contributed by atoms with E-state index >= 15 is 0 Å². The van der Waals surface area contributed by atoms with Gasteiger partial charge in [-0.15, -0.1) is 0 Å². The fraction of sp³-hybridized carbons (Fsp3) is 0.889. The van der Waals surface area contributed by atoms with Crippen LogP contribution < -0.4 is 21.3 Å². The molecule has 4 N–H and O–H groups in total. The normalized spacial score (nSPS) is 5.03. The fourth-order valence-electron chi connectivity index (χ4n) is 0.125. The van der Waals surface area contributed by atoms with E-state index in [4.69, 9.17) is 0 Å². The standard InChI is InChI=1S/C3H8N2O.2C3H7NO.C2H6O.8C2H6/c1-4-3(6)5-2;2*1-3(5)4-2;1-3-2;8*1-2/h1-2H3,(H2,4,5,6);2*1-2H3,(H,4,5);1-2H3;8*1-2H3. The molecule has 0 saturated carbocycles. The van der Waals surface area contributed by atoms with Gasteiger partial charge in [-0.1, -0.05) is 111 Å². The third-order valence-corrected chi connectivity index (χ3v) is 1.16. The molecule has 8 heteroatoms. The van der Waals surface area contributed by atoms with Crippen molar-refractivity contribution in [3.63, 3.8) is 0 Å². The van der Waals surface area contributed by atoms with Crippen LogP contribution in [0.3, 0.4) is 0 Å². The molecule has 0 aliphatic heterocycles. The first-order valence-electron chi connectivity index (χ1n) is 13.4. The van der Waals surface area contributed by atoms with E-state index in [2.05, 4.69) is 26.0 Å². The lowest BCUT2D eigenvalue weighted by atomic mass is 10.7. The van der Waals surface area contributed by atoms with Gasteiger partial charge in [0.2, 0.25) is 11.8 Å². The molecule has 228 valence electrons. The van der Waals surface area contributed by atoms with Gasteiger partial charge < -0.3 is 26.0 Å². The number of hydrogen-bond acceptors (Lipinski definition) is 4. The molecule has 0 fully saturated rings. The summed E-state index contributed by atoms with van der Waals surface area (Å²) in [6, 6.07) is -0.157. The number of hydrogen-bond donors (Lipinski definition) is 4. The van der Waals surface area contributed by atoms with Crippen molar-refractivity contribution in [3.8, 4) is 0 Å². The van der Waals surface area contributed by atoms with Crippen LogP contribution in [0.1, 0.15) is 125 Å². The lowest BCUT2D eigenvalue weighted by Crippen LogP contribution is -2.28. The Balaban J connectivity index is -0.0000000171. The van der Waals surface area contributed by atoms with Gasteiger partial charge in [-0.05, 0) is 0 Å². The van der Waals surface area contributed by atoms with Crippen LogP contribution in [-0.2, 0) is 14.3 Å². The van der Waals surface area contributed by atoms with Crippen LogP contribution in [0.5, 0.6) is 0 Å². The second-order valence-electron chi connectivity index (χ2n) is 2.85. The number of ether oxygens (including phenoxy) is 1. The molecule has 0 saturated heterocycles. The Hall–Kier alpha value is -1.83. The SMILES string of the molecule is CC.CC.CC.CC.CC.CC.CC.CC.CNC(=O)NC.CNC(C)=O.CNC(C)=O.COC. The topological polar surface area (TPSA) is 109 Å². The Labute approximate surface area is 225 Å². The predicted octanol–water partition coefficient (Wildman–Crippen LogP) is 7.52. The number of carbonyl (C=O) groups excluding carboxylic acids is 3. The number of urea groups is 1. The summed E-state index contributed by atoms with van der Waals surface area (Å²) < 4.78 is 4.25. The van der Waals surface area contributed by atoms with E-state index in [-0.39, 0.29) is 17.8 Å². The van der Waals surface area contributed by atoms with Gasteiger partial charge in [0.25, 0.3) is 0 Å². The Morgan fingerprint density at radius 3 is 0.486 bits per heavy atom. The van der Waals surface area contributed by atoms with E-state index in [1.165, 1.54) is 13.8 Å². The highest BCUT2D eigenvalue weighted by molar-refractivity contribution is 5.73. The monoisotopic (exact) mass is 521 g/mol. The van der Waals surface area contributed by atoms with Crippen molar-refractivity contribution >= 4 is 17.8 Å². The molecule has 0 radical (unpaired) electrons. The number of methoxy groups -OCH3 is 1. The first-order valence-corrected chi connectivity index (χ1v) is 13.4. The minimum absolute atomic E-state index is 0.00463. The van der Waals surface area contributed by atoms with Crippen molar-refractivity contribution in [1.82, 2.24) is 21.3 Å². The highest BCUT2D eigenvalue weighted by Gasteiger charge is 1.81. The van der Waals surface area contributed by atoms with Crippen LogP contribution in [0, 0.1) is 0 Å². The molecule has 0 aromatic carbocycles. The molecule has 0 heterocycles. The first-order chi connectivity index (χ1) is 16.8. The van der Waals surface area contributed by atoms with Gasteiger partial charge >= 0.3 is 6.03 Å². The van der Waals surface area contributed by atoms with Crippen molar-refractivity contribution in [2.45, 2.75) is 125 Å². The molecule has 0 aliphatic rings. The van der Waals surface area contributed by atoms with E-state index in [9.17, 15) is 14.4 Å². The quantitative estimate of drug-likeness (QED) is 0.265. The van der Waals surface area contributed by atoms with Gasteiger partial charge in [-0.2, -0.15) is 0 Å². The summed E-state index contributed by atoms with van der Waals surface area (Å²) in [5, 5.41) is 9.51.